The smallest absolute Gasteiger partial charge is 0.224 e. The summed E-state index contributed by atoms with van der Waals surface area (Å²) in [6, 6.07) is 0.169. The van der Waals surface area contributed by atoms with Crippen LogP contribution in [0.2, 0.25) is 0 Å². The molecule has 0 aliphatic carbocycles. The molecule has 1 fully saturated rings. The lowest BCUT2D eigenvalue weighted by Gasteiger charge is -2.21. The van der Waals surface area contributed by atoms with Gasteiger partial charge in [0.25, 0.3) is 0 Å². The van der Waals surface area contributed by atoms with E-state index in [0.717, 1.165) is 0 Å². The Morgan fingerprint density at radius 1 is 1.91 bits per heavy atom. The Balaban J connectivity index is 2.63. The van der Waals surface area contributed by atoms with Gasteiger partial charge in [0.15, 0.2) is 0 Å². The summed E-state index contributed by atoms with van der Waals surface area (Å²) in [6.07, 6.45) is 2.21. The number of nitrogens with two attached hydrogens (primary N) is 1. The largest absolute Gasteiger partial charge is 0.335 e. The number of carbonyl (C=O) groups is 1. The second kappa shape index (κ2) is 3.05. The summed E-state index contributed by atoms with van der Waals surface area (Å²) in [5, 5.41) is 0. The van der Waals surface area contributed by atoms with E-state index in [-0.39, 0.29) is 18.0 Å². The lowest BCUT2D eigenvalue weighted by Crippen LogP contribution is -2.37. The Morgan fingerprint density at radius 3 is 2.91 bits per heavy atom. The van der Waals surface area contributed by atoms with Crippen molar-refractivity contribution < 1.29 is 4.79 Å². The lowest BCUT2D eigenvalue weighted by molar-refractivity contribution is -0.128. The molecule has 2 atom stereocenters. The molecule has 0 spiro atoms. The molecule has 1 heterocycles. The SMILES string of the molecule is C=CCN1C(=O)CC(N)C1C. The van der Waals surface area contributed by atoms with E-state index in [9.17, 15) is 4.79 Å². The van der Waals surface area contributed by atoms with Crippen LogP contribution in [0.25, 0.3) is 0 Å². The molecule has 0 aromatic rings. The third-order valence-electron chi connectivity index (χ3n) is 2.17. The van der Waals surface area contributed by atoms with Crippen LogP contribution in [0.3, 0.4) is 0 Å². The minimum absolute atomic E-state index is 0.00227. The maximum absolute atomic E-state index is 11.2. The van der Waals surface area contributed by atoms with Gasteiger partial charge in [-0.05, 0) is 6.92 Å². The summed E-state index contributed by atoms with van der Waals surface area (Å²) in [7, 11) is 0. The fourth-order valence-electron chi connectivity index (χ4n) is 1.35. The molecule has 2 unspecified atom stereocenters. The van der Waals surface area contributed by atoms with Crippen molar-refractivity contribution in [1.29, 1.82) is 0 Å². The van der Waals surface area contributed by atoms with Crippen molar-refractivity contribution in [2.75, 3.05) is 6.54 Å². The topological polar surface area (TPSA) is 46.3 Å². The molecule has 3 heteroatoms. The van der Waals surface area contributed by atoms with E-state index in [1.165, 1.54) is 0 Å². The highest BCUT2D eigenvalue weighted by molar-refractivity contribution is 5.80. The zero-order valence-electron chi connectivity index (χ0n) is 6.79. The zero-order valence-corrected chi connectivity index (χ0v) is 6.79. The predicted octanol–water partition coefficient (Wildman–Crippen LogP) is 0.120. The minimum atomic E-state index is 0.00227. The molecule has 1 rings (SSSR count). The molecule has 0 aromatic carbocycles. The number of likely N-dealkylation sites (tertiary alicyclic amines) is 1. The van der Waals surface area contributed by atoms with E-state index >= 15 is 0 Å². The van der Waals surface area contributed by atoms with Gasteiger partial charge >= 0.3 is 0 Å². The average Bonchev–Trinajstić information content (AvgIpc) is 2.17. The molecule has 1 saturated heterocycles. The molecule has 0 radical (unpaired) electrons. The van der Waals surface area contributed by atoms with Gasteiger partial charge in [0.2, 0.25) is 5.91 Å². The average molecular weight is 154 g/mol. The summed E-state index contributed by atoms with van der Waals surface area (Å²) < 4.78 is 0. The summed E-state index contributed by atoms with van der Waals surface area (Å²) >= 11 is 0. The van der Waals surface area contributed by atoms with Crippen molar-refractivity contribution in [3.05, 3.63) is 12.7 Å². The Hall–Kier alpha value is -0.830. The molecule has 1 aliphatic rings. The van der Waals surface area contributed by atoms with Crippen LogP contribution in [0.1, 0.15) is 13.3 Å². The highest BCUT2D eigenvalue weighted by atomic mass is 16.2. The predicted molar refractivity (Wildman–Crippen MR) is 44.0 cm³/mol. The fourth-order valence-corrected chi connectivity index (χ4v) is 1.35. The maximum atomic E-state index is 11.2. The van der Waals surface area contributed by atoms with E-state index in [0.29, 0.717) is 13.0 Å². The van der Waals surface area contributed by atoms with Gasteiger partial charge in [-0.1, -0.05) is 6.08 Å². The normalized spacial score (nSPS) is 31.1. The summed E-state index contributed by atoms with van der Waals surface area (Å²) in [4.78, 5) is 12.9. The van der Waals surface area contributed by atoms with E-state index in [1.54, 1.807) is 11.0 Å². The molecular weight excluding hydrogens is 140 g/mol. The van der Waals surface area contributed by atoms with Gasteiger partial charge in [0, 0.05) is 25.0 Å². The van der Waals surface area contributed by atoms with E-state index in [1.807, 2.05) is 6.92 Å². The molecule has 0 bridgehead atoms. The van der Waals surface area contributed by atoms with Crippen LogP contribution in [-0.2, 0) is 4.79 Å². The van der Waals surface area contributed by atoms with Crippen LogP contribution in [0.5, 0.6) is 0 Å². The van der Waals surface area contributed by atoms with Crippen molar-refractivity contribution in [3.8, 4) is 0 Å². The number of hydrogen-bond acceptors (Lipinski definition) is 2. The molecular formula is C8H14N2O. The number of amides is 1. The van der Waals surface area contributed by atoms with Crippen LogP contribution in [0, 0.1) is 0 Å². The third kappa shape index (κ3) is 1.43. The Kier molecular flexibility index (Phi) is 2.29. The van der Waals surface area contributed by atoms with Gasteiger partial charge in [-0.2, -0.15) is 0 Å². The highest BCUT2D eigenvalue weighted by Crippen LogP contribution is 2.16. The molecule has 2 N–H and O–H groups in total. The molecule has 3 nitrogen and oxygen atoms in total. The molecule has 0 saturated carbocycles. The van der Waals surface area contributed by atoms with Crippen LogP contribution in [0.15, 0.2) is 12.7 Å². The van der Waals surface area contributed by atoms with Gasteiger partial charge < -0.3 is 10.6 Å². The summed E-state index contributed by atoms with van der Waals surface area (Å²) in [5.74, 6) is 0.143. The first-order valence-electron chi connectivity index (χ1n) is 3.82. The Bertz CT molecular complexity index is 179. The van der Waals surface area contributed by atoms with Crippen molar-refractivity contribution in [3.63, 3.8) is 0 Å². The van der Waals surface area contributed by atoms with E-state index < -0.39 is 0 Å². The van der Waals surface area contributed by atoms with Crippen molar-refractivity contribution in [2.45, 2.75) is 25.4 Å². The molecule has 1 amide bonds. The zero-order chi connectivity index (χ0) is 8.43. The first-order valence-corrected chi connectivity index (χ1v) is 3.82. The number of rotatable bonds is 2. The van der Waals surface area contributed by atoms with Crippen LogP contribution in [-0.4, -0.2) is 29.4 Å². The maximum Gasteiger partial charge on any atom is 0.224 e. The first-order chi connectivity index (χ1) is 5.16. The number of hydrogen-bond donors (Lipinski definition) is 1. The highest BCUT2D eigenvalue weighted by Gasteiger charge is 2.33. The first kappa shape index (κ1) is 8.27. The molecule has 62 valence electrons. The standard InChI is InChI=1S/C8H14N2O/c1-3-4-10-6(2)7(9)5-8(10)11/h3,6-7H,1,4-5,9H2,2H3. The van der Waals surface area contributed by atoms with Crippen molar-refractivity contribution >= 4 is 5.91 Å². The Morgan fingerprint density at radius 2 is 2.55 bits per heavy atom. The van der Waals surface area contributed by atoms with Gasteiger partial charge in [-0.3, -0.25) is 4.79 Å². The minimum Gasteiger partial charge on any atom is -0.335 e. The quantitative estimate of drug-likeness (QED) is 0.574. The Labute approximate surface area is 66.9 Å². The summed E-state index contributed by atoms with van der Waals surface area (Å²) in [5.41, 5.74) is 5.69. The summed E-state index contributed by atoms with van der Waals surface area (Å²) in [6.45, 7) is 6.17. The lowest BCUT2D eigenvalue weighted by atomic mass is 10.2. The van der Waals surface area contributed by atoms with Crippen molar-refractivity contribution in [2.24, 2.45) is 5.73 Å². The van der Waals surface area contributed by atoms with Gasteiger partial charge in [0.05, 0.1) is 0 Å². The fraction of sp³-hybridized carbons (Fsp3) is 0.625. The van der Waals surface area contributed by atoms with Crippen molar-refractivity contribution in [1.82, 2.24) is 4.90 Å². The molecule has 1 aliphatic heterocycles. The number of nitrogens with zero attached hydrogens (tertiary/aromatic N) is 1. The van der Waals surface area contributed by atoms with Gasteiger partial charge in [0.1, 0.15) is 0 Å². The second-order valence-electron chi connectivity index (χ2n) is 2.94. The van der Waals surface area contributed by atoms with Crippen LogP contribution < -0.4 is 5.73 Å². The van der Waals surface area contributed by atoms with Gasteiger partial charge in [-0.15, -0.1) is 6.58 Å². The third-order valence-corrected chi connectivity index (χ3v) is 2.17. The van der Waals surface area contributed by atoms with E-state index in [4.69, 9.17) is 5.73 Å². The molecule has 11 heavy (non-hydrogen) atoms. The van der Waals surface area contributed by atoms with Crippen LogP contribution in [0.4, 0.5) is 0 Å². The van der Waals surface area contributed by atoms with Gasteiger partial charge in [-0.25, -0.2) is 0 Å². The van der Waals surface area contributed by atoms with E-state index in [2.05, 4.69) is 6.58 Å². The number of carbonyl (C=O) groups excluding carboxylic acids is 1. The monoisotopic (exact) mass is 154 g/mol. The molecule has 0 aromatic heterocycles. The van der Waals surface area contributed by atoms with Crippen LogP contribution >= 0.6 is 0 Å². The second-order valence-corrected chi connectivity index (χ2v) is 2.94.